The summed E-state index contributed by atoms with van der Waals surface area (Å²) >= 11 is 0. The highest BCUT2D eigenvalue weighted by Gasteiger charge is 2.40. The lowest BCUT2D eigenvalue weighted by molar-refractivity contribution is -0.116. The van der Waals surface area contributed by atoms with Gasteiger partial charge in [-0.1, -0.05) is 47.6 Å². The first kappa shape index (κ1) is 17.7. The van der Waals surface area contributed by atoms with Gasteiger partial charge >= 0.3 is 0 Å². The summed E-state index contributed by atoms with van der Waals surface area (Å²) in [6.45, 7) is 1.93. The van der Waals surface area contributed by atoms with Gasteiger partial charge in [-0.2, -0.15) is 0 Å². The molecule has 5 heteroatoms. The molecule has 1 N–H and O–H groups in total. The van der Waals surface area contributed by atoms with Crippen molar-refractivity contribution in [2.75, 3.05) is 12.4 Å². The first-order valence-electron chi connectivity index (χ1n) is 9.84. The van der Waals surface area contributed by atoms with Gasteiger partial charge in [0.25, 0.3) is 0 Å². The van der Waals surface area contributed by atoms with Crippen LogP contribution < -0.4 is 10.1 Å². The summed E-state index contributed by atoms with van der Waals surface area (Å²) < 4.78 is 10.8. The van der Waals surface area contributed by atoms with Crippen molar-refractivity contribution in [1.29, 1.82) is 0 Å². The maximum absolute atomic E-state index is 13.4. The van der Waals surface area contributed by atoms with E-state index in [1.54, 1.807) is 7.11 Å². The van der Waals surface area contributed by atoms with Gasteiger partial charge in [0.05, 0.1) is 18.4 Å². The average Bonchev–Trinajstić information content (AvgIpc) is 3.13. The van der Waals surface area contributed by atoms with Gasteiger partial charge in [0.1, 0.15) is 5.75 Å². The molecule has 1 aliphatic heterocycles. The summed E-state index contributed by atoms with van der Waals surface area (Å²) in [6.07, 6.45) is 1.26. The Labute approximate surface area is 169 Å². The van der Waals surface area contributed by atoms with Crippen molar-refractivity contribution in [3.63, 3.8) is 0 Å². The van der Waals surface area contributed by atoms with E-state index in [-0.39, 0.29) is 17.6 Å². The maximum atomic E-state index is 13.4. The number of hydrogen-bond acceptors (Lipinski definition) is 5. The fraction of sp³-hybridized carbons (Fsp3) is 0.250. The Morgan fingerprint density at radius 3 is 2.52 bits per heavy atom. The Bertz CT molecular complexity index is 1100. The third-order valence-corrected chi connectivity index (χ3v) is 5.98. The van der Waals surface area contributed by atoms with E-state index in [0.29, 0.717) is 12.3 Å². The van der Waals surface area contributed by atoms with Gasteiger partial charge in [0.2, 0.25) is 5.88 Å². The molecular weight excluding hydrogens is 364 g/mol. The number of Topliss-reactive ketones (excluding diaryl/α,β-unsaturated/α-hetero) is 1. The fourth-order valence-electron chi connectivity index (χ4n) is 4.56. The van der Waals surface area contributed by atoms with Gasteiger partial charge in [-0.25, -0.2) is 0 Å². The van der Waals surface area contributed by atoms with Crippen molar-refractivity contribution in [3.05, 3.63) is 88.3 Å². The molecule has 1 aromatic heterocycles. The second-order valence-electron chi connectivity index (χ2n) is 7.67. The van der Waals surface area contributed by atoms with Crippen LogP contribution in [0.25, 0.3) is 0 Å². The number of carbonyl (C=O) groups is 1. The van der Waals surface area contributed by atoms with Crippen LogP contribution in [0.2, 0.25) is 0 Å². The molecule has 2 aromatic carbocycles. The minimum Gasteiger partial charge on any atom is -0.497 e. The molecule has 0 radical (unpaired) electrons. The summed E-state index contributed by atoms with van der Waals surface area (Å²) in [7, 11) is 1.66. The van der Waals surface area contributed by atoms with Crippen molar-refractivity contribution >= 4 is 11.7 Å². The second-order valence-corrected chi connectivity index (χ2v) is 7.67. The van der Waals surface area contributed by atoms with Crippen LogP contribution in [0.3, 0.4) is 0 Å². The van der Waals surface area contributed by atoms with Crippen LogP contribution in [-0.2, 0) is 4.79 Å². The predicted octanol–water partition coefficient (Wildman–Crippen LogP) is 4.95. The summed E-state index contributed by atoms with van der Waals surface area (Å²) in [6, 6.07) is 18.1. The monoisotopic (exact) mass is 386 g/mol. The Hall–Kier alpha value is -3.34. The zero-order chi connectivity index (χ0) is 20.0. The first-order valence-corrected chi connectivity index (χ1v) is 9.84. The van der Waals surface area contributed by atoms with Crippen LogP contribution >= 0.6 is 0 Å². The highest BCUT2D eigenvalue weighted by Crippen LogP contribution is 2.48. The fourth-order valence-corrected chi connectivity index (χ4v) is 4.56. The van der Waals surface area contributed by atoms with Crippen molar-refractivity contribution in [1.82, 2.24) is 5.16 Å². The molecule has 0 spiro atoms. The minimum atomic E-state index is -0.141. The molecule has 0 fully saturated rings. The number of aryl methyl sites for hydroxylation is 1. The summed E-state index contributed by atoms with van der Waals surface area (Å²) in [5, 5.41) is 7.54. The van der Waals surface area contributed by atoms with E-state index >= 15 is 0 Å². The normalized spacial score (nSPS) is 20.7. The van der Waals surface area contributed by atoms with Crippen molar-refractivity contribution in [3.8, 4) is 5.75 Å². The van der Waals surface area contributed by atoms with E-state index in [1.807, 2.05) is 49.4 Å². The average molecular weight is 386 g/mol. The molecule has 3 aromatic rings. The van der Waals surface area contributed by atoms with E-state index in [4.69, 9.17) is 9.26 Å². The number of fused-ring (bicyclic) bond motifs is 1. The number of aromatic nitrogens is 1. The quantitative estimate of drug-likeness (QED) is 0.690. The predicted molar refractivity (Wildman–Crippen MR) is 110 cm³/mol. The van der Waals surface area contributed by atoms with Gasteiger partial charge in [0.15, 0.2) is 5.78 Å². The van der Waals surface area contributed by atoms with E-state index in [9.17, 15) is 4.79 Å². The Kier molecular flexibility index (Phi) is 4.23. The smallest absolute Gasteiger partial charge is 0.233 e. The van der Waals surface area contributed by atoms with Crippen LogP contribution in [0, 0.1) is 6.92 Å². The number of hydrogen-bond donors (Lipinski definition) is 1. The third-order valence-electron chi connectivity index (χ3n) is 5.98. The summed E-state index contributed by atoms with van der Waals surface area (Å²) in [5.74, 6) is 1.63. The lowest BCUT2D eigenvalue weighted by atomic mass is 9.72. The SMILES string of the molecule is COc1ccc([C@@H]2CC(=O)C3=C(C2)Nc2onc(C)c2[C@@H]3c2ccccc2)cc1. The van der Waals surface area contributed by atoms with Crippen molar-refractivity contribution in [2.45, 2.75) is 31.6 Å². The van der Waals surface area contributed by atoms with Crippen LogP contribution in [0.4, 0.5) is 5.88 Å². The van der Waals surface area contributed by atoms with E-state index in [0.717, 1.165) is 45.8 Å². The first-order chi connectivity index (χ1) is 14.2. The van der Waals surface area contributed by atoms with Crippen molar-refractivity contribution < 1.29 is 14.1 Å². The summed E-state index contributed by atoms with van der Waals surface area (Å²) in [5.41, 5.74) is 5.80. The highest BCUT2D eigenvalue weighted by atomic mass is 16.5. The number of carbonyl (C=O) groups excluding carboxylic acids is 1. The standard InChI is InChI=1S/C24H22N2O3/c1-14-21-22(16-6-4-3-5-7-16)23-19(25-24(21)29-26-14)12-17(13-20(23)27)15-8-10-18(28-2)11-9-15/h3-11,17,22,25H,12-13H2,1-2H3/t17-,22-/m0/s1. The number of nitrogens with zero attached hydrogens (tertiary/aromatic N) is 1. The number of ether oxygens (including phenoxy) is 1. The molecule has 0 bridgehead atoms. The molecule has 2 atom stereocenters. The Morgan fingerprint density at radius 2 is 1.79 bits per heavy atom. The topological polar surface area (TPSA) is 64.4 Å². The molecule has 5 nitrogen and oxygen atoms in total. The molecular formula is C24H22N2O3. The largest absolute Gasteiger partial charge is 0.497 e. The lowest BCUT2D eigenvalue weighted by Crippen LogP contribution is -2.29. The number of methoxy groups -OCH3 is 1. The number of ketones is 1. The Balaban J connectivity index is 1.57. The zero-order valence-corrected chi connectivity index (χ0v) is 16.4. The molecule has 0 saturated carbocycles. The van der Waals surface area contributed by atoms with E-state index < -0.39 is 0 Å². The number of anilines is 1. The number of rotatable bonds is 3. The maximum Gasteiger partial charge on any atom is 0.233 e. The minimum absolute atomic E-state index is 0.127. The van der Waals surface area contributed by atoms with Crippen LogP contribution in [0.1, 0.15) is 47.1 Å². The molecule has 2 heterocycles. The number of benzene rings is 2. The zero-order valence-electron chi connectivity index (χ0n) is 16.4. The highest BCUT2D eigenvalue weighted by molar-refractivity contribution is 6.01. The van der Waals surface area contributed by atoms with Crippen LogP contribution in [0.15, 0.2) is 70.4 Å². The molecule has 29 heavy (non-hydrogen) atoms. The molecule has 1 aliphatic carbocycles. The molecule has 0 unspecified atom stereocenters. The molecule has 146 valence electrons. The van der Waals surface area contributed by atoms with E-state index in [1.165, 1.54) is 0 Å². The van der Waals surface area contributed by atoms with Crippen LogP contribution in [0.5, 0.6) is 5.75 Å². The van der Waals surface area contributed by atoms with Gasteiger partial charge in [-0.15, -0.1) is 0 Å². The van der Waals surface area contributed by atoms with Crippen LogP contribution in [-0.4, -0.2) is 18.0 Å². The number of nitrogens with one attached hydrogen (secondary N) is 1. The van der Waals surface area contributed by atoms with Gasteiger partial charge < -0.3 is 14.6 Å². The van der Waals surface area contributed by atoms with Gasteiger partial charge in [-0.3, -0.25) is 4.79 Å². The molecule has 0 saturated heterocycles. The summed E-state index contributed by atoms with van der Waals surface area (Å²) in [4.78, 5) is 13.4. The molecule has 0 amide bonds. The third kappa shape index (κ3) is 2.94. The lowest BCUT2D eigenvalue weighted by Gasteiger charge is -2.34. The number of allylic oxidation sites excluding steroid dienone is 2. The van der Waals surface area contributed by atoms with Gasteiger partial charge in [0, 0.05) is 23.6 Å². The van der Waals surface area contributed by atoms with Crippen molar-refractivity contribution in [2.24, 2.45) is 0 Å². The Morgan fingerprint density at radius 1 is 1.03 bits per heavy atom. The molecule has 5 rings (SSSR count). The van der Waals surface area contributed by atoms with Gasteiger partial charge in [-0.05, 0) is 42.5 Å². The molecule has 2 aliphatic rings. The van der Waals surface area contributed by atoms with E-state index in [2.05, 4.69) is 22.6 Å². The second kappa shape index (κ2) is 6.92.